The number of fused-ring (bicyclic) bond motifs is 3. The summed E-state index contributed by atoms with van der Waals surface area (Å²) in [6.45, 7) is 9.23. The second kappa shape index (κ2) is 5.76. The summed E-state index contributed by atoms with van der Waals surface area (Å²) in [4.78, 5) is 0. The molecule has 1 aromatic rings. The molecule has 0 radical (unpaired) electrons. The molecule has 2 heterocycles. The monoisotopic (exact) mass is 325 g/mol. The fourth-order valence-electron chi connectivity index (χ4n) is 3.47. The van der Waals surface area contributed by atoms with E-state index < -0.39 is 10.2 Å². The smallest absolute Gasteiger partial charge is 0.209 e. The van der Waals surface area contributed by atoms with Gasteiger partial charge in [-0.15, -0.1) is 10.2 Å². The molecule has 6 heteroatoms. The summed E-state index contributed by atoms with van der Waals surface area (Å²) in [5.74, 6) is 0. The third-order valence-corrected chi connectivity index (χ3v) is 4.35. The van der Waals surface area contributed by atoms with Crippen molar-refractivity contribution in [2.24, 2.45) is 0 Å². The second-order valence-electron chi connectivity index (χ2n) is 6.34. The summed E-state index contributed by atoms with van der Waals surface area (Å²) in [6.07, 6.45) is 3.51. The zero-order chi connectivity index (χ0) is 16.7. The molecule has 0 saturated carbocycles. The molecule has 0 bridgehead atoms. The minimum atomic E-state index is -4.94. The van der Waals surface area contributed by atoms with Crippen LogP contribution >= 0.6 is 0 Å². The molecule has 22 heavy (non-hydrogen) atoms. The van der Waals surface area contributed by atoms with E-state index in [9.17, 15) is 0 Å². The number of hydrogen-bond donors (Lipinski definition) is 0. The summed E-state index contributed by atoms with van der Waals surface area (Å²) < 4.78 is 36.5. The van der Waals surface area contributed by atoms with E-state index in [0.717, 1.165) is 0 Å². The van der Waals surface area contributed by atoms with Gasteiger partial charge in [-0.2, -0.15) is 4.58 Å². The van der Waals surface area contributed by atoms with Crippen LogP contribution in [0.5, 0.6) is 0 Å². The normalized spacial score (nSPS) is 22.4. The van der Waals surface area contributed by atoms with Crippen LogP contribution in [0.25, 0.3) is 0 Å². The SMILES string of the molecule is CC1=CC(C)=[N+]2c3ccccc3C(C)(C)C2C1.[O-][Cl+3]([O-])([O-])[O-]. The van der Waals surface area contributed by atoms with Gasteiger partial charge in [0.05, 0.1) is 5.41 Å². The fraction of sp³-hybridized carbons (Fsp3) is 0.438. The lowest BCUT2D eigenvalue weighted by atomic mass is 9.77. The predicted octanol–water partition coefficient (Wildman–Crippen LogP) is -0.955. The number of halogens is 1. The molecule has 0 saturated heterocycles. The molecule has 0 amide bonds. The minimum Gasteiger partial charge on any atom is -0.222 e. The molecule has 1 atom stereocenters. The molecule has 5 nitrogen and oxygen atoms in total. The van der Waals surface area contributed by atoms with Gasteiger partial charge in [-0.05, 0) is 20.8 Å². The van der Waals surface area contributed by atoms with E-state index in [2.05, 4.69) is 62.6 Å². The van der Waals surface area contributed by atoms with E-state index in [1.54, 1.807) is 0 Å². The van der Waals surface area contributed by atoms with Crippen molar-refractivity contribution in [3.05, 3.63) is 41.5 Å². The summed E-state index contributed by atoms with van der Waals surface area (Å²) in [5, 5.41) is 0. The first kappa shape index (κ1) is 17.1. The van der Waals surface area contributed by atoms with Crippen molar-refractivity contribution in [1.29, 1.82) is 0 Å². The molecule has 120 valence electrons. The van der Waals surface area contributed by atoms with Crippen LogP contribution < -0.4 is 18.6 Å². The number of nitrogens with zero attached hydrogens (tertiary/aromatic N) is 1. The Bertz CT molecular complexity index is 638. The number of rotatable bonds is 0. The Kier molecular flexibility index (Phi) is 4.48. The van der Waals surface area contributed by atoms with Crippen LogP contribution in [0.4, 0.5) is 5.69 Å². The highest BCUT2D eigenvalue weighted by molar-refractivity contribution is 5.91. The Morgan fingerprint density at radius 3 is 2.23 bits per heavy atom. The summed E-state index contributed by atoms with van der Waals surface area (Å²) in [6, 6.07) is 9.44. The van der Waals surface area contributed by atoms with E-state index in [1.165, 1.54) is 29.0 Å². The van der Waals surface area contributed by atoms with Gasteiger partial charge in [0.25, 0.3) is 0 Å². The molecular formula is C16H20ClNO4. The standard InChI is InChI=1S/C16H20N.ClHO4/c1-11-9-12(2)17-14-8-6-5-7-13(14)16(3,4)15(17)10-11;2-1(3,4)5/h5-9,15H,10H2,1-4H3;(H,2,3,4,5)/q+1;/p-1. The van der Waals surface area contributed by atoms with Crippen LogP contribution in [0.3, 0.4) is 0 Å². The van der Waals surface area contributed by atoms with Gasteiger partial charge in [0, 0.05) is 31.1 Å². The minimum absolute atomic E-state index is 0.243. The third-order valence-electron chi connectivity index (χ3n) is 4.35. The molecule has 0 aliphatic carbocycles. The average Bonchev–Trinajstić information content (AvgIpc) is 2.57. The van der Waals surface area contributed by atoms with Gasteiger partial charge < -0.3 is 0 Å². The van der Waals surface area contributed by atoms with E-state index in [0.29, 0.717) is 6.04 Å². The van der Waals surface area contributed by atoms with Crippen molar-refractivity contribution < 1.29 is 33.5 Å². The highest BCUT2D eigenvalue weighted by Crippen LogP contribution is 2.47. The molecule has 0 fully saturated rings. The molecule has 1 aromatic carbocycles. The van der Waals surface area contributed by atoms with Gasteiger partial charge in [0.2, 0.25) is 5.69 Å². The van der Waals surface area contributed by atoms with Crippen LogP contribution in [0, 0.1) is 10.2 Å². The summed E-state index contributed by atoms with van der Waals surface area (Å²) in [5.41, 5.74) is 6.03. The lowest BCUT2D eigenvalue weighted by Gasteiger charge is -2.25. The van der Waals surface area contributed by atoms with Crippen LogP contribution in [-0.4, -0.2) is 16.3 Å². The van der Waals surface area contributed by atoms with Crippen molar-refractivity contribution in [3.8, 4) is 0 Å². The van der Waals surface area contributed by atoms with Crippen molar-refractivity contribution >= 4 is 11.4 Å². The quantitative estimate of drug-likeness (QED) is 0.574. The molecule has 2 aliphatic rings. The lowest BCUT2D eigenvalue weighted by Crippen LogP contribution is -2.68. The highest BCUT2D eigenvalue weighted by atomic mass is 35.7. The first-order valence-electron chi connectivity index (χ1n) is 7.03. The molecule has 3 rings (SSSR count). The van der Waals surface area contributed by atoms with Gasteiger partial charge in [-0.3, -0.25) is 0 Å². The van der Waals surface area contributed by atoms with Gasteiger partial charge in [0.15, 0.2) is 11.8 Å². The lowest BCUT2D eigenvalue weighted by molar-refractivity contribution is -2.00. The number of para-hydroxylation sites is 1. The Labute approximate surface area is 132 Å². The Morgan fingerprint density at radius 2 is 1.64 bits per heavy atom. The van der Waals surface area contributed by atoms with Gasteiger partial charge >= 0.3 is 0 Å². The number of hydrogen-bond acceptors (Lipinski definition) is 4. The first-order chi connectivity index (χ1) is 10.0. The van der Waals surface area contributed by atoms with Gasteiger partial charge in [-0.1, -0.05) is 23.8 Å². The Morgan fingerprint density at radius 1 is 1.09 bits per heavy atom. The van der Waals surface area contributed by atoms with E-state index in [-0.39, 0.29) is 5.41 Å². The molecule has 0 spiro atoms. The van der Waals surface area contributed by atoms with E-state index in [4.69, 9.17) is 18.6 Å². The van der Waals surface area contributed by atoms with Crippen LogP contribution in [0.1, 0.15) is 39.7 Å². The molecule has 0 aromatic heterocycles. The first-order valence-corrected chi connectivity index (χ1v) is 8.26. The number of benzene rings is 1. The van der Waals surface area contributed by atoms with Crippen molar-refractivity contribution in [2.45, 2.75) is 45.6 Å². The zero-order valence-electron chi connectivity index (χ0n) is 13.1. The molecule has 0 N–H and O–H groups in total. The molecule has 2 aliphatic heterocycles. The summed E-state index contributed by atoms with van der Waals surface area (Å²) in [7, 11) is -4.94. The van der Waals surface area contributed by atoms with Crippen LogP contribution in [0.2, 0.25) is 0 Å². The molecule has 1 unspecified atom stereocenters. The number of allylic oxidation sites excluding steroid dienone is 1. The third kappa shape index (κ3) is 3.39. The van der Waals surface area contributed by atoms with Crippen LogP contribution in [0.15, 0.2) is 35.9 Å². The largest absolute Gasteiger partial charge is 0.222 e. The van der Waals surface area contributed by atoms with Gasteiger partial charge in [0.1, 0.15) is 0 Å². The maximum absolute atomic E-state index is 8.49. The predicted molar refractivity (Wildman–Crippen MR) is 72.2 cm³/mol. The zero-order valence-corrected chi connectivity index (χ0v) is 13.9. The van der Waals surface area contributed by atoms with Crippen molar-refractivity contribution in [3.63, 3.8) is 0 Å². The highest BCUT2D eigenvalue weighted by Gasteiger charge is 2.51. The topological polar surface area (TPSA) is 95.2 Å². The van der Waals surface area contributed by atoms with Crippen LogP contribution in [-0.2, 0) is 5.41 Å². The fourth-order valence-corrected chi connectivity index (χ4v) is 3.47. The maximum atomic E-state index is 8.49. The van der Waals surface area contributed by atoms with Crippen molar-refractivity contribution in [1.82, 2.24) is 0 Å². The van der Waals surface area contributed by atoms with E-state index in [1.807, 2.05) is 0 Å². The van der Waals surface area contributed by atoms with Gasteiger partial charge in [-0.25, -0.2) is 18.6 Å². The van der Waals surface area contributed by atoms with E-state index >= 15 is 0 Å². The Hall–Kier alpha value is -1.24. The Balaban J connectivity index is 0.000000309. The second-order valence-corrected chi connectivity index (χ2v) is 7.09. The molecular weight excluding hydrogens is 306 g/mol. The summed E-state index contributed by atoms with van der Waals surface area (Å²) >= 11 is 0. The average molecular weight is 326 g/mol. The van der Waals surface area contributed by atoms with Crippen molar-refractivity contribution in [2.75, 3.05) is 0 Å². The maximum Gasteiger partial charge on any atom is 0.209 e.